The number of phosphoric acid groups is 1. The predicted octanol–water partition coefficient (Wildman–Crippen LogP) is 11.0. The minimum Gasteiger partial charge on any atom is -0.756 e. The number of ether oxygens (including phenoxy) is 2. The van der Waals surface area contributed by atoms with Crippen LogP contribution in [0.2, 0.25) is 0 Å². The first-order valence-electron chi connectivity index (χ1n) is 20.4. The smallest absolute Gasteiger partial charge is 0.306 e. The number of phosphoric ester groups is 1. The number of hydrogen-bond acceptors (Lipinski definition) is 7. The molecule has 0 aromatic heterocycles. The molecule has 0 aliphatic rings. The Kier molecular flexibility index (Phi) is 34.4. The Hall–Kier alpha value is -1.54. The van der Waals surface area contributed by atoms with Crippen LogP contribution in [0.1, 0.15) is 155 Å². The van der Waals surface area contributed by atoms with Gasteiger partial charge in [0.1, 0.15) is 19.3 Å². The quantitative estimate of drug-likeness (QED) is 0.0206. The second-order valence-electron chi connectivity index (χ2n) is 14.6. The van der Waals surface area contributed by atoms with Crippen molar-refractivity contribution in [1.29, 1.82) is 0 Å². The standard InChI is InChI=1S/C42H78NO7P/c1-6-8-10-12-14-16-17-18-19-20-21-22-23-24-25-26-27-28-29-31-33-35-42(44)50-41(39-47-37-34-32-30-15-13-11-9-7-2)40-49-51(45,46)48-38-36-43(3,4)5/h8,10,14,16,18-19,21-22,41H,6-7,9,11-13,15,17,20,23-40H2,1-5H3/b10-8-,16-14-,19-18-,22-21-. The molecule has 0 radical (unpaired) electrons. The van der Waals surface area contributed by atoms with Crippen molar-refractivity contribution < 1.29 is 37.3 Å². The molecule has 2 atom stereocenters. The summed E-state index contributed by atoms with van der Waals surface area (Å²) in [6.07, 6.45) is 41.2. The molecule has 0 amide bonds. The summed E-state index contributed by atoms with van der Waals surface area (Å²) in [5.41, 5.74) is 0. The Morgan fingerprint density at radius 1 is 0.627 bits per heavy atom. The maximum absolute atomic E-state index is 12.6. The molecule has 0 aliphatic carbocycles. The molecule has 0 rings (SSSR count). The molecule has 0 aliphatic heterocycles. The van der Waals surface area contributed by atoms with Gasteiger partial charge >= 0.3 is 5.97 Å². The summed E-state index contributed by atoms with van der Waals surface area (Å²) in [7, 11) is 1.34. The molecule has 298 valence electrons. The van der Waals surface area contributed by atoms with Gasteiger partial charge in [-0.2, -0.15) is 0 Å². The third kappa shape index (κ3) is 39.5. The number of rotatable bonds is 37. The van der Waals surface area contributed by atoms with E-state index >= 15 is 0 Å². The monoisotopic (exact) mass is 740 g/mol. The van der Waals surface area contributed by atoms with Crippen molar-refractivity contribution in [3.63, 3.8) is 0 Å². The molecule has 8 nitrogen and oxygen atoms in total. The van der Waals surface area contributed by atoms with Crippen molar-refractivity contribution in [2.45, 2.75) is 161 Å². The number of carbonyl (C=O) groups is 1. The van der Waals surface area contributed by atoms with E-state index in [2.05, 4.69) is 62.5 Å². The third-order valence-electron chi connectivity index (χ3n) is 8.39. The van der Waals surface area contributed by atoms with Gasteiger partial charge < -0.3 is 27.9 Å². The topological polar surface area (TPSA) is 94.1 Å². The summed E-state index contributed by atoms with van der Waals surface area (Å²) in [4.78, 5) is 24.9. The van der Waals surface area contributed by atoms with Crippen LogP contribution in [-0.4, -0.2) is 70.7 Å². The number of likely N-dealkylation sites (N-methyl/N-ethyl adjacent to an activating group) is 1. The molecule has 0 spiro atoms. The minimum absolute atomic E-state index is 0.0235. The fourth-order valence-electron chi connectivity index (χ4n) is 5.24. The van der Waals surface area contributed by atoms with Gasteiger partial charge in [0, 0.05) is 13.0 Å². The lowest BCUT2D eigenvalue weighted by atomic mass is 10.1. The molecular formula is C42H78NO7P. The number of nitrogens with zero attached hydrogens (tertiary/aromatic N) is 1. The lowest BCUT2D eigenvalue weighted by Gasteiger charge is -2.28. The molecule has 0 fully saturated rings. The summed E-state index contributed by atoms with van der Waals surface area (Å²) in [5.74, 6) is -0.346. The maximum Gasteiger partial charge on any atom is 0.306 e. The molecule has 0 N–H and O–H groups in total. The van der Waals surface area contributed by atoms with Gasteiger partial charge in [-0.15, -0.1) is 0 Å². The number of quaternary nitrogens is 1. The average Bonchev–Trinajstić information content (AvgIpc) is 3.08. The van der Waals surface area contributed by atoms with Crippen LogP contribution in [0.4, 0.5) is 0 Å². The van der Waals surface area contributed by atoms with Crippen LogP contribution in [0.3, 0.4) is 0 Å². The van der Waals surface area contributed by atoms with Gasteiger partial charge in [-0.1, -0.05) is 146 Å². The van der Waals surface area contributed by atoms with Gasteiger partial charge in [0.25, 0.3) is 7.82 Å². The van der Waals surface area contributed by atoms with Crippen molar-refractivity contribution in [3.8, 4) is 0 Å². The largest absolute Gasteiger partial charge is 0.756 e. The molecule has 0 bridgehead atoms. The zero-order valence-corrected chi connectivity index (χ0v) is 34.4. The number of unbranched alkanes of at least 4 members (excludes halogenated alkanes) is 15. The van der Waals surface area contributed by atoms with Gasteiger partial charge in [0.05, 0.1) is 34.4 Å². The fraction of sp³-hybridized carbons (Fsp3) is 0.786. The van der Waals surface area contributed by atoms with Crippen LogP contribution in [0, 0.1) is 0 Å². The highest BCUT2D eigenvalue weighted by Gasteiger charge is 2.20. The summed E-state index contributed by atoms with van der Waals surface area (Å²) in [6, 6.07) is 0. The fourth-order valence-corrected chi connectivity index (χ4v) is 5.97. The van der Waals surface area contributed by atoms with Crippen LogP contribution in [0.5, 0.6) is 0 Å². The van der Waals surface area contributed by atoms with Crippen LogP contribution in [0.15, 0.2) is 48.6 Å². The van der Waals surface area contributed by atoms with Crippen molar-refractivity contribution in [2.24, 2.45) is 0 Å². The first-order chi connectivity index (χ1) is 24.6. The minimum atomic E-state index is -4.52. The van der Waals surface area contributed by atoms with Gasteiger partial charge in [0.15, 0.2) is 0 Å². The van der Waals surface area contributed by atoms with Crippen molar-refractivity contribution in [2.75, 3.05) is 54.1 Å². The average molecular weight is 740 g/mol. The second kappa shape index (κ2) is 35.5. The lowest BCUT2D eigenvalue weighted by Crippen LogP contribution is -2.37. The van der Waals surface area contributed by atoms with E-state index < -0.39 is 13.9 Å². The van der Waals surface area contributed by atoms with E-state index in [0.717, 1.165) is 64.2 Å². The summed E-state index contributed by atoms with van der Waals surface area (Å²) in [5, 5.41) is 0. The SMILES string of the molecule is CC/C=C\C/C=C\C/C=C\C/C=C\CCCCCCCCCCC(=O)OC(COCCCCCCCCCC)COP(=O)([O-])OCC[N+](C)(C)C. The number of allylic oxidation sites excluding steroid dienone is 8. The molecule has 0 heterocycles. The van der Waals surface area contributed by atoms with Crippen molar-refractivity contribution in [1.82, 2.24) is 0 Å². The first-order valence-corrected chi connectivity index (χ1v) is 21.8. The Labute approximate surface area is 314 Å². The van der Waals surface area contributed by atoms with E-state index in [-0.39, 0.29) is 25.8 Å². The van der Waals surface area contributed by atoms with Crippen LogP contribution in [0.25, 0.3) is 0 Å². The highest BCUT2D eigenvalue weighted by molar-refractivity contribution is 7.45. The van der Waals surface area contributed by atoms with E-state index in [1.54, 1.807) is 0 Å². The maximum atomic E-state index is 12.6. The van der Waals surface area contributed by atoms with Crippen molar-refractivity contribution >= 4 is 13.8 Å². The molecule has 0 saturated heterocycles. The summed E-state index contributed by atoms with van der Waals surface area (Å²) < 4.78 is 34.4. The summed E-state index contributed by atoms with van der Waals surface area (Å²) in [6.45, 7) is 5.26. The number of carbonyl (C=O) groups excluding carboxylic acids is 1. The highest BCUT2D eigenvalue weighted by Crippen LogP contribution is 2.38. The Morgan fingerprint density at radius 3 is 1.71 bits per heavy atom. The zero-order valence-electron chi connectivity index (χ0n) is 33.5. The molecule has 51 heavy (non-hydrogen) atoms. The van der Waals surface area contributed by atoms with E-state index in [1.165, 1.54) is 70.6 Å². The molecule has 2 unspecified atom stereocenters. The zero-order chi connectivity index (χ0) is 37.7. The molecule has 0 aromatic rings. The van der Waals surface area contributed by atoms with E-state index in [9.17, 15) is 14.3 Å². The highest BCUT2D eigenvalue weighted by atomic mass is 31.2. The van der Waals surface area contributed by atoms with Crippen molar-refractivity contribution in [3.05, 3.63) is 48.6 Å². The van der Waals surface area contributed by atoms with E-state index in [4.69, 9.17) is 18.5 Å². The Balaban J connectivity index is 4.17. The van der Waals surface area contributed by atoms with Gasteiger partial charge in [-0.3, -0.25) is 9.36 Å². The Bertz CT molecular complexity index is 957. The molecule has 0 saturated carbocycles. The molecular weight excluding hydrogens is 661 g/mol. The van der Waals surface area contributed by atoms with Crippen LogP contribution in [-0.2, 0) is 27.9 Å². The van der Waals surface area contributed by atoms with Gasteiger partial charge in [-0.25, -0.2) is 0 Å². The second-order valence-corrected chi connectivity index (χ2v) is 16.0. The predicted molar refractivity (Wildman–Crippen MR) is 213 cm³/mol. The third-order valence-corrected chi connectivity index (χ3v) is 9.36. The number of esters is 1. The van der Waals surface area contributed by atoms with E-state index in [0.29, 0.717) is 24.1 Å². The number of hydrogen-bond donors (Lipinski definition) is 0. The molecule has 9 heteroatoms. The van der Waals surface area contributed by atoms with Crippen LogP contribution >= 0.6 is 7.82 Å². The van der Waals surface area contributed by atoms with Gasteiger partial charge in [-0.05, 0) is 51.4 Å². The van der Waals surface area contributed by atoms with Gasteiger partial charge in [0.2, 0.25) is 0 Å². The van der Waals surface area contributed by atoms with Crippen LogP contribution < -0.4 is 4.89 Å². The normalized spacial score (nSPS) is 14.4. The van der Waals surface area contributed by atoms with E-state index in [1.807, 2.05) is 21.1 Å². The first kappa shape index (κ1) is 49.5. The molecule has 0 aromatic carbocycles. The lowest BCUT2D eigenvalue weighted by molar-refractivity contribution is -0.870. The Morgan fingerprint density at radius 2 is 1.14 bits per heavy atom. The summed E-state index contributed by atoms with van der Waals surface area (Å²) >= 11 is 0.